The molecule has 0 unspecified atom stereocenters. The number of benzene rings is 1. The number of rotatable bonds is 2. The predicted molar refractivity (Wildman–Crippen MR) is 58.5 cm³/mol. The molecule has 0 radical (unpaired) electrons. The zero-order chi connectivity index (χ0) is 10.8. The third kappa shape index (κ3) is 1.57. The number of pyridine rings is 1. The van der Waals surface area contributed by atoms with Crippen LogP contribution in [0, 0.1) is 10.1 Å². The van der Waals surface area contributed by atoms with E-state index in [1.807, 2.05) is 12.1 Å². The highest BCUT2D eigenvalue weighted by molar-refractivity contribution is 5.88. The predicted octanol–water partition coefficient (Wildman–Crippen LogP) is 2.79. The third-order valence-corrected chi connectivity index (χ3v) is 2.14. The van der Waals surface area contributed by atoms with Crippen LogP contribution in [0.15, 0.2) is 36.9 Å². The van der Waals surface area contributed by atoms with Gasteiger partial charge in [-0.2, -0.15) is 0 Å². The average Bonchev–Trinajstić information content (AvgIpc) is 2.27. The van der Waals surface area contributed by atoms with Crippen molar-refractivity contribution < 1.29 is 4.92 Å². The normalized spacial score (nSPS) is 10.1. The fourth-order valence-electron chi connectivity index (χ4n) is 1.45. The van der Waals surface area contributed by atoms with E-state index in [0.717, 1.165) is 10.9 Å². The Kier molecular flexibility index (Phi) is 2.17. The Morgan fingerprint density at radius 2 is 2.13 bits per heavy atom. The van der Waals surface area contributed by atoms with Gasteiger partial charge in [-0.15, -0.1) is 0 Å². The van der Waals surface area contributed by atoms with Gasteiger partial charge in [0.1, 0.15) is 0 Å². The molecule has 0 spiro atoms. The van der Waals surface area contributed by atoms with E-state index >= 15 is 0 Å². The molecule has 0 saturated heterocycles. The fraction of sp³-hybridized carbons (Fsp3) is 0. The maximum absolute atomic E-state index is 10.6. The van der Waals surface area contributed by atoms with Crippen LogP contribution in [0.3, 0.4) is 0 Å². The minimum absolute atomic E-state index is 0.149. The van der Waals surface area contributed by atoms with E-state index in [1.165, 1.54) is 6.07 Å². The van der Waals surface area contributed by atoms with Crippen molar-refractivity contribution >= 4 is 22.8 Å². The lowest BCUT2D eigenvalue weighted by molar-refractivity contribution is -0.389. The minimum atomic E-state index is -0.501. The van der Waals surface area contributed by atoms with Crippen LogP contribution in [-0.4, -0.2) is 9.91 Å². The molecule has 1 aromatic heterocycles. The summed E-state index contributed by atoms with van der Waals surface area (Å²) in [6, 6.07) is 8.70. The first-order valence-electron chi connectivity index (χ1n) is 4.39. The Hall–Kier alpha value is -2.23. The first-order valence-corrected chi connectivity index (χ1v) is 4.39. The van der Waals surface area contributed by atoms with E-state index in [4.69, 9.17) is 0 Å². The van der Waals surface area contributed by atoms with Gasteiger partial charge in [0.25, 0.3) is 0 Å². The molecule has 0 amide bonds. The number of para-hydroxylation sites is 1. The van der Waals surface area contributed by atoms with Crippen LogP contribution in [-0.2, 0) is 0 Å². The Bertz CT molecular complexity index is 549. The summed E-state index contributed by atoms with van der Waals surface area (Å²) in [5.41, 5.74) is 1.34. The van der Waals surface area contributed by atoms with Gasteiger partial charge >= 0.3 is 5.82 Å². The molecule has 74 valence electrons. The molecule has 0 atom stereocenters. The van der Waals surface area contributed by atoms with Gasteiger partial charge in [0, 0.05) is 11.5 Å². The summed E-state index contributed by atoms with van der Waals surface area (Å²) in [7, 11) is 0. The number of hydrogen-bond acceptors (Lipinski definition) is 3. The molecule has 4 nitrogen and oxygen atoms in total. The molecule has 2 aromatic rings. The second kappa shape index (κ2) is 3.49. The van der Waals surface area contributed by atoms with Gasteiger partial charge in [0.15, 0.2) is 5.52 Å². The largest absolute Gasteiger partial charge is 0.364 e. The zero-order valence-electron chi connectivity index (χ0n) is 7.88. The summed E-state index contributed by atoms with van der Waals surface area (Å²) in [6.07, 6.45) is 1.59. The van der Waals surface area contributed by atoms with Crippen molar-refractivity contribution in [3.63, 3.8) is 0 Å². The molecule has 0 N–H and O–H groups in total. The summed E-state index contributed by atoms with van der Waals surface area (Å²) in [5.74, 6) is -0.149. The summed E-state index contributed by atoms with van der Waals surface area (Å²) in [6.45, 7) is 3.63. The molecular formula is C11H8N2O2. The molecule has 2 rings (SSSR count). The maximum atomic E-state index is 10.6. The lowest BCUT2D eigenvalue weighted by Crippen LogP contribution is -1.93. The van der Waals surface area contributed by atoms with Gasteiger partial charge in [-0.25, -0.2) is 0 Å². The van der Waals surface area contributed by atoms with Crippen LogP contribution in [0.2, 0.25) is 0 Å². The third-order valence-electron chi connectivity index (χ3n) is 2.14. The molecule has 4 heteroatoms. The summed E-state index contributed by atoms with van der Waals surface area (Å²) in [4.78, 5) is 14.1. The van der Waals surface area contributed by atoms with Gasteiger partial charge < -0.3 is 10.1 Å². The minimum Gasteiger partial charge on any atom is -0.358 e. The van der Waals surface area contributed by atoms with Crippen molar-refractivity contribution in [1.29, 1.82) is 0 Å². The lowest BCUT2D eigenvalue weighted by Gasteiger charge is -1.99. The number of nitro groups is 1. The van der Waals surface area contributed by atoms with Crippen LogP contribution in [0.1, 0.15) is 5.56 Å². The van der Waals surface area contributed by atoms with Gasteiger partial charge in [-0.1, -0.05) is 24.8 Å². The highest BCUT2D eigenvalue weighted by atomic mass is 16.6. The standard InChI is InChI=1S/C11H8N2O2/c1-2-8-7-11(13(14)15)12-10-6-4-3-5-9(8)10/h2-7H,1H2. The highest BCUT2D eigenvalue weighted by Crippen LogP contribution is 2.22. The van der Waals surface area contributed by atoms with E-state index in [2.05, 4.69) is 11.6 Å². The molecule has 0 aliphatic rings. The first-order chi connectivity index (χ1) is 7.22. The van der Waals surface area contributed by atoms with E-state index < -0.39 is 4.92 Å². The second-order valence-corrected chi connectivity index (χ2v) is 3.05. The molecule has 0 fully saturated rings. The van der Waals surface area contributed by atoms with Gasteiger partial charge in [-0.3, -0.25) is 0 Å². The van der Waals surface area contributed by atoms with Gasteiger partial charge in [0.05, 0.1) is 0 Å². The molecule has 15 heavy (non-hydrogen) atoms. The van der Waals surface area contributed by atoms with Crippen LogP contribution in [0.25, 0.3) is 17.0 Å². The SMILES string of the molecule is C=Cc1cc([N+](=O)[O-])nc2ccccc12. The fourth-order valence-corrected chi connectivity index (χ4v) is 1.45. The average molecular weight is 200 g/mol. The van der Waals surface area contributed by atoms with Crippen molar-refractivity contribution in [3.05, 3.63) is 52.6 Å². The quantitative estimate of drug-likeness (QED) is 0.553. The molecule has 1 aromatic carbocycles. The second-order valence-electron chi connectivity index (χ2n) is 3.05. The van der Waals surface area contributed by atoms with E-state index in [9.17, 15) is 10.1 Å². The van der Waals surface area contributed by atoms with Crippen LogP contribution < -0.4 is 0 Å². The van der Waals surface area contributed by atoms with Gasteiger partial charge in [0.2, 0.25) is 0 Å². The molecule has 0 bridgehead atoms. The van der Waals surface area contributed by atoms with E-state index in [1.54, 1.807) is 18.2 Å². The molecule has 1 heterocycles. The van der Waals surface area contributed by atoms with Crippen LogP contribution in [0.5, 0.6) is 0 Å². The topological polar surface area (TPSA) is 56.0 Å². The van der Waals surface area contributed by atoms with Crippen molar-refractivity contribution in [2.45, 2.75) is 0 Å². The molecule has 0 aliphatic carbocycles. The number of nitrogens with zero attached hydrogens (tertiary/aromatic N) is 2. The maximum Gasteiger partial charge on any atom is 0.364 e. The molecule has 0 aliphatic heterocycles. The van der Waals surface area contributed by atoms with Gasteiger partial charge in [-0.05, 0) is 27.6 Å². The Morgan fingerprint density at radius 3 is 2.80 bits per heavy atom. The van der Waals surface area contributed by atoms with Crippen molar-refractivity contribution in [3.8, 4) is 0 Å². The van der Waals surface area contributed by atoms with Crippen molar-refractivity contribution in [1.82, 2.24) is 4.98 Å². The first kappa shape index (κ1) is 9.33. The smallest absolute Gasteiger partial charge is 0.358 e. The monoisotopic (exact) mass is 200 g/mol. The number of aromatic nitrogens is 1. The zero-order valence-corrected chi connectivity index (χ0v) is 7.88. The molecular weight excluding hydrogens is 192 g/mol. The van der Waals surface area contributed by atoms with Crippen LogP contribution in [0.4, 0.5) is 5.82 Å². The summed E-state index contributed by atoms with van der Waals surface area (Å²) in [5, 5.41) is 11.5. The van der Waals surface area contributed by atoms with E-state index in [-0.39, 0.29) is 5.82 Å². The van der Waals surface area contributed by atoms with Crippen molar-refractivity contribution in [2.24, 2.45) is 0 Å². The molecule has 0 saturated carbocycles. The Labute approximate surface area is 86.0 Å². The Balaban J connectivity index is 2.82. The van der Waals surface area contributed by atoms with Crippen LogP contribution >= 0.6 is 0 Å². The summed E-state index contributed by atoms with van der Waals surface area (Å²) < 4.78 is 0. The lowest BCUT2D eigenvalue weighted by atomic mass is 10.1. The Morgan fingerprint density at radius 1 is 1.40 bits per heavy atom. The number of hydrogen-bond donors (Lipinski definition) is 0. The number of fused-ring (bicyclic) bond motifs is 1. The highest BCUT2D eigenvalue weighted by Gasteiger charge is 2.12. The van der Waals surface area contributed by atoms with Crippen molar-refractivity contribution in [2.75, 3.05) is 0 Å². The summed E-state index contributed by atoms with van der Waals surface area (Å²) >= 11 is 0. The van der Waals surface area contributed by atoms with E-state index in [0.29, 0.717) is 5.52 Å².